The summed E-state index contributed by atoms with van der Waals surface area (Å²) in [5.74, 6) is 2.12. The van der Waals surface area contributed by atoms with Gasteiger partial charge in [0.1, 0.15) is 0 Å². The Morgan fingerprint density at radius 3 is 2.53 bits per heavy atom. The van der Waals surface area contributed by atoms with E-state index in [1.807, 2.05) is 4.90 Å². The molecule has 0 saturated carbocycles. The van der Waals surface area contributed by atoms with Crippen LogP contribution in [0.2, 0.25) is 0 Å². The van der Waals surface area contributed by atoms with E-state index in [9.17, 15) is 4.79 Å². The average molecular weight is 277 g/mol. The van der Waals surface area contributed by atoms with Gasteiger partial charge in [-0.1, -0.05) is 38.1 Å². The zero-order valence-electron chi connectivity index (χ0n) is 11.8. The molecule has 104 valence electrons. The molecule has 1 amide bonds. The highest BCUT2D eigenvalue weighted by molar-refractivity contribution is 7.80. The quantitative estimate of drug-likeness (QED) is 0.820. The Kier molecular flexibility index (Phi) is 4.92. The molecule has 1 aromatic carbocycles. The Hall–Kier alpha value is -0.960. The average Bonchev–Trinajstić information content (AvgIpc) is 2.77. The fourth-order valence-electron chi connectivity index (χ4n) is 2.53. The van der Waals surface area contributed by atoms with E-state index in [0.29, 0.717) is 18.3 Å². The number of carbonyl (C=O) groups is 1. The van der Waals surface area contributed by atoms with Crippen LogP contribution in [0.25, 0.3) is 0 Å². The SMILES string of the molecule is CC(C)c1ccc(CCN2CC(CS)CC2=O)cc1. The van der Waals surface area contributed by atoms with Crippen LogP contribution >= 0.6 is 12.6 Å². The van der Waals surface area contributed by atoms with E-state index < -0.39 is 0 Å². The van der Waals surface area contributed by atoms with Crippen molar-refractivity contribution in [2.45, 2.75) is 32.6 Å². The molecule has 1 fully saturated rings. The van der Waals surface area contributed by atoms with Crippen molar-refractivity contribution in [1.82, 2.24) is 4.90 Å². The van der Waals surface area contributed by atoms with Crippen LogP contribution in [0.3, 0.4) is 0 Å². The Labute approximate surface area is 121 Å². The Morgan fingerprint density at radius 2 is 2.00 bits per heavy atom. The van der Waals surface area contributed by atoms with Crippen LogP contribution in [-0.4, -0.2) is 29.6 Å². The van der Waals surface area contributed by atoms with E-state index in [-0.39, 0.29) is 5.91 Å². The third-order valence-corrected chi connectivity index (χ3v) is 4.39. The predicted octanol–water partition coefficient (Wildman–Crippen LogP) is 3.13. The lowest BCUT2D eigenvalue weighted by molar-refractivity contribution is -0.127. The summed E-state index contributed by atoms with van der Waals surface area (Å²) in [6, 6.07) is 8.77. The fraction of sp³-hybridized carbons (Fsp3) is 0.562. The fourth-order valence-corrected chi connectivity index (χ4v) is 2.77. The number of nitrogens with zero attached hydrogens (tertiary/aromatic N) is 1. The Bertz CT molecular complexity index is 427. The minimum Gasteiger partial charge on any atom is -0.342 e. The second kappa shape index (κ2) is 6.47. The molecule has 0 N–H and O–H groups in total. The first kappa shape index (κ1) is 14.4. The number of thiol groups is 1. The smallest absolute Gasteiger partial charge is 0.222 e. The molecule has 0 aliphatic carbocycles. The van der Waals surface area contributed by atoms with Crippen LogP contribution in [0, 0.1) is 5.92 Å². The number of likely N-dealkylation sites (tertiary alicyclic amines) is 1. The summed E-state index contributed by atoms with van der Waals surface area (Å²) < 4.78 is 0. The number of carbonyl (C=O) groups excluding carboxylic acids is 1. The molecule has 0 radical (unpaired) electrons. The summed E-state index contributed by atoms with van der Waals surface area (Å²) in [4.78, 5) is 13.8. The summed E-state index contributed by atoms with van der Waals surface area (Å²) in [7, 11) is 0. The normalized spacial score (nSPS) is 19.5. The minimum absolute atomic E-state index is 0.290. The van der Waals surface area contributed by atoms with Gasteiger partial charge in [0, 0.05) is 19.5 Å². The van der Waals surface area contributed by atoms with Crippen molar-refractivity contribution in [3.8, 4) is 0 Å². The van der Waals surface area contributed by atoms with Crippen LogP contribution in [0.1, 0.15) is 37.3 Å². The molecule has 1 aliphatic rings. The molecule has 3 heteroatoms. The Balaban J connectivity index is 1.87. The number of hydrogen-bond donors (Lipinski definition) is 1. The lowest BCUT2D eigenvalue weighted by atomic mass is 10.0. The van der Waals surface area contributed by atoms with Gasteiger partial charge in [-0.25, -0.2) is 0 Å². The van der Waals surface area contributed by atoms with Crippen molar-refractivity contribution < 1.29 is 4.79 Å². The van der Waals surface area contributed by atoms with Gasteiger partial charge in [0.25, 0.3) is 0 Å². The van der Waals surface area contributed by atoms with Crippen molar-refractivity contribution >= 4 is 18.5 Å². The summed E-state index contributed by atoms with van der Waals surface area (Å²) in [5, 5.41) is 0. The van der Waals surface area contributed by atoms with E-state index in [1.165, 1.54) is 11.1 Å². The van der Waals surface area contributed by atoms with Crippen molar-refractivity contribution in [3.05, 3.63) is 35.4 Å². The first-order valence-corrected chi connectivity index (χ1v) is 7.71. The predicted molar refractivity (Wildman–Crippen MR) is 82.8 cm³/mol. The largest absolute Gasteiger partial charge is 0.342 e. The molecule has 2 nitrogen and oxygen atoms in total. The maximum atomic E-state index is 11.8. The molecule has 0 spiro atoms. The number of benzene rings is 1. The van der Waals surface area contributed by atoms with Crippen LogP contribution in [-0.2, 0) is 11.2 Å². The van der Waals surface area contributed by atoms with E-state index in [4.69, 9.17) is 0 Å². The van der Waals surface area contributed by atoms with Crippen molar-refractivity contribution in [3.63, 3.8) is 0 Å². The maximum Gasteiger partial charge on any atom is 0.222 e. The first-order valence-electron chi connectivity index (χ1n) is 7.07. The molecule has 19 heavy (non-hydrogen) atoms. The third kappa shape index (κ3) is 3.75. The monoisotopic (exact) mass is 277 g/mol. The third-order valence-electron chi connectivity index (χ3n) is 3.87. The molecule has 1 saturated heterocycles. The molecule has 1 unspecified atom stereocenters. The second-order valence-corrected chi connectivity index (χ2v) is 6.10. The van der Waals surface area contributed by atoms with Crippen molar-refractivity contribution in [2.75, 3.05) is 18.8 Å². The van der Waals surface area contributed by atoms with Crippen LogP contribution in [0.4, 0.5) is 0 Å². The zero-order chi connectivity index (χ0) is 13.8. The lowest BCUT2D eigenvalue weighted by Crippen LogP contribution is -2.27. The van der Waals surface area contributed by atoms with Gasteiger partial charge in [-0.05, 0) is 35.1 Å². The maximum absolute atomic E-state index is 11.8. The van der Waals surface area contributed by atoms with E-state index in [2.05, 4.69) is 50.7 Å². The minimum atomic E-state index is 0.290. The highest BCUT2D eigenvalue weighted by Crippen LogP contribution is 2.20. The van der Waals surface area contributed by atoms with Gasteiger partial charge >= 0.3 is 0 Å². The number of hydrogen-bond acceptors (Lipinski definition) is 2. The van der Waals surface area contributed by atoms with E-state index >= 15 is 0 Å². The van der Waals surface area contributed by atoms with E-state index in [0.717, 1.165) is 25.3 Å². The van der Waals surface area contributed by atoms with Crippen molar-refractivity contribution in [1.29, 1.82) is 0 Å². The highest BCUT2D eigenvalue weighted by Gasteiger charge is 2.27. The molecule has 1 heterocycles. The van der Waals surface area contributed by atoms with Gasteiger partial charge in [0.05, 0.1) is 0 Å². The van der Waals surface area contributed by atoms with E-state index in [1.54, 1.807) is 0 Å². The molecule has 1 atom stereocenters. The summed E-state index contributed by atoms with van der Waals surface area (Å²) in [6.07, 6.45) is 1.62. The molecule has 2 rings (SSSR count). The van der Waals surface area contributed by atoms with Crippen molar-refractivity contribution in [2.24, 2.45) is 5.92 Å². The van der Waals surface area contributed by atoms with Gasteiger partial charge in [0.15, 0.2) is 0 Å². The highest BCUT2D eigenvalue weighted by atomic mass is 32.1. The van der Waals surface area contributed by atoms with Gasteiger partial charge in [-0.2, -0.15) is 12.6 Å². The number of rotatable bonds is 5. The summed E-state index contributed by atoms with van der Waals surface area (Å²) in [5.41, 5.74) is 2.68. The lowest BCUT2D eigenvalue weighted by Gasteiger charge is -2.16. The number of amides is 1. The van der Waals surface area contributed by atoms with Crippen LogP contribution in [0.5, 0.6) is 0 Å². The standard InChI is InChI=1S/C16H23NOS/c1-12(2)15-5-3-13(4-6-15)7-8-17-10-14(11-19)9-16(17)18/h3-6,12,14,19H,7-11H2,1-2H3. The summed E-state index contributed by atoms with van der Waals surface area (Å²) >= 11 is 4.29. The Morgan fingerprint density at radius 1 is 1.32 bits per heavy atom. The van der Waals surface area contributed by atoms with Gasteiger partial charge in [-0.15, -0.1) is 0 Å². The van der Waals surface area contributed by atoms with Crippen LogP contribution < -0.4 is 0 Å². The topological polar surface area (TPSA) is 20.3 Å². The molecular formula is C16H23NOS. The first-order chi connectivity index (χ1) is 9.10. The molecule has 1 aromatic rings. The van der Waals surface area contributed by atoms with Gasteiger partial charge in [-0.3, -0.25) is 4.79 Å². The van der Waals surface area contributed by atoms with Crippen LogP contribution in [0.15, 0.2) is 24.3 Å². The van der Waals surface area contributed by atoms with Gasteiger partial charge < -0.3 is 4.90 Å². The molecule has 0 bridgehead atoms. The molecule has 1 aliphatic heterocycles. The zero-order valence-corrected chi connectivity index (χ0v) is 12.7. The second-order valence-electron chi connectivity index (χ2n) is 5.74. The molecule has 0 aromatic heterocycles. The molecular weight excluding hydrogens is 254 g/mol. The van der Waals surface area contributed by atoms with Gasteiger partial charge in [0.2, 0.25) is 5.91 Å². The summed E-state index contributed by atoms with van der Waals surface area (Å²) in [6.45, 7) is 6.13.